The molecule has 4 N–H and O–H groups in total. The molecule has 12 nitrogen and oxygen atoms in total. The maximum atomic E-state index is 16.1. The largest absolute Gasteiger partial charge is 0.495 e. The van der Waals surface area contributed by atoms with Crippen molar-refractivity contribution >= 4 is 59.0 Å². The zero-order valence-electron chi connectivity index (χ0n) is 29.8. The number of carbonyl (C=O) groups excluding carboxylic acids is 3. The quantitative estimate of drug-likeness (QED) is 0.0887. The number of esters is 1. The number of hydrogen-bond donors (Lipinski definition) is 4. The lowest BCUT2D eigenvalue weighted by Gasteiger charge is -2.40. The fourth-order valence-electron chi connectivity index (χ4n) is 6.49. The van der Waals surface area contributed by atoms with Crippen molar-refractivity contribution < 1.29 is 47.3 Å². The van der Waals surface area contributed by atoms with Crippen molar-refractivity contribution in [1.82, 2.24) is 10.6 Å². The first-order valence-corrected chi connectivity index (χ1v) is 17.1. The first kappa shape index (κ1) is 41.0. The molecule has 0 radical (unpaired) electrons. The molecule has 0 spiro atoms. The number of carboxylic acid groups (broad SMARTS) is 1. The first-order valence-electron chi connectivity index (χ1n) is 16.3. The molecule has 2 amide bonds. The normalized spacial score (nSPS) is 20.5. The first-order chi connectivity index (χ1) is 24.9. The summed E-state index contributed by atoms with van der Waals surface area (Å²) in [6.45, 7) is 6.36. The Morgan fingerprint density at radius 3 is 2.42 bits per heavy atom. The van der Waals surface area contributed by atoms with Crippen LogP contribution >= 0.6 is 23.2 Å². The van der Waals surface area contributed by atoms with E-state index in [1.165, 1.54) is 63.5 Å². The molecule has 1 heterocycles. The highest BCUT2D eigenvalue weighted by Gasteiger charge is 2.59. The molecule has 4 rings (SSSR count). The Morgan fingerprint density at radius 2 is 1.79 bits per heavy atom. The van der Waals surface area contributed by atoms with E-state index < -0.39 is 71.8 Å². The Hall–Kier alpha value is -4.79. The third kappa shape index (κ3) is 9.24. The summed E-state index contributed by atoms with van der Waals surface area (Å²) in [5.74, 6) is -5.37. The van der Waals surface area contributed by atoms with Gasteiger partial charge in [0.25, 0.3) is 0 Å². The second kappa shape index (κ2) is 16.9. The van der Waals surface area contributed by atoms with Crippen molar-refractivity contribution in [1.29, 1.82) is 0 Å². The lowest BCUT2D eigenvalue weighted by Crippen LogP contribution is -2.47. The number of amides is 2. The average molecular weight is 778 g/mol. The second-order valence-corrected chi connectivity index (χ2v) is 14.5. The monoisotopic (exact) mass is 776 g/mol. The second-order valence-electron chi connectivity index (χ2n) is 13.6. The molecule has 1 aliphatic heterocycles. The standard InChI is InChI=1S/C37H40Cl2F2N4O8/c1-19(33(47)48)43-35(50)53-18-52-34(49)20-10-13-26(27(14-20)51-6)44-32(46)31-29(22-8-7-9-24(39)30(22)41)37(17-42-5,28(45-31)16-36(2,3)4)23-12-11-21(38)15-25(23)40/h7-15,17,19,28-29,31,45H,16,18H2,1-6H3,(H,43,50)(H,44,46)(H,47,48)/t19?,28-,29-,31+,37?/m0/s1. The number of ether oxygens (including phenoxy) is 3. The fraction of sp³-hybridized carbons (Fsp3) is 0.378. The number of benzene rings is 3. The average Bonchev–Trinajstić information content (AvgIpc) is 3.38. The molecule has 0 bridgehead atoms. The van der Waals surface area contributed by atoms with Gasteiger partial charge in [-0.3, -0.25) is 14.6 Å². The predicted molar refractivity (Wildman–Crippen MR) is 195 cm³/mol. The molecular weight excluding hydrogens is 737 g/mol. The van der Waals surface area contributed by atoms with E-state index in [0.29, 0.717) is 6.42 Å². The van der Waals surface area contributed by atoms with Gasteiger partial charge in [-0.05, 0) is 60.7 Å². The fourth-order valence-corrected chi connectivity index (χ4v) is 6.83. The molecule has 3 aromatic rings. The number of carboxylic acids is 1. The molecule has 0 saturated carbocycles. The highest BCUT2D eigenvalue weighted by atomic mass is 35.5. The smallest absolute Gasteiger partial charge is 0.410 e. The van der Waals surface area contributed by atoms with Crippen LogP contribution in [0.3, 0.4) is 0 Å². The number of anilines is 1. The third-order valence-corrected chi connectivity index (χ3v) is 9.27. The molecule has 3 aromatic carbocycles. The van der Waals surface area contributed by atoms with Crippen molar-refractivity contribution in [2.24, 2.45) is 10.4 Å². The Morgan fingerprint density at radius 1 is 1.08 bits per heavy atom. The van der Waals surface area contributed by atoms with E-state index in [-0.39, 0.29) is 43.6 Å². The number of aliphatic carboxylic acids is 1. The van der Waals surface area contributed by atoms with Crippen LogP contribution in [0.2, 0.25) is 10.0 Å². The summed E-state index contributed by atoms with van der Waals surface area (Å²) in [5, 5.41) is 17.1. The van der Waals surface area contributed by atoms with Crippen molar-refractivity contribution in [2.45, 2.75) is 63.6 Å². The molecule has 1 aliphatic rings. The van der Waals surface area contributed by atoms with E-state index in [0.717, 1.165) is 6.07 Å². The van der Waals surface area contributed by atoms with Gasteiger partial charge in [-0.15, -0.1) is 0 Å². The predicted octanol–water partition coefficient (Wildman–Crippen LogP) is 6.73. The van der Waals surface area contributed by atoms with Crippen LogP contribution in [0.25, 0.3) is 0 Å². The number of nitrogens with zero attached hydrogens (tertiary/aromatic N) is 1. The Bertz CT molecular complexity index is 1910. The summed E-state index contributed by atoms with van der Waals surface area (Å²) < 4.78 is 47.4. The number of halogens is 4. The SMILES string of the molecule is CN=CC1(c2ccc(Cl)cc2F)[C@H](CC(C)(C)C)N[C@@H](C(=O)Nc2ccc(C(=O)OCOC(=O)NC(C)C(=O)O)cc2OC)[C@@H]1c1cccc(Cl)c1F. The van der Waals surface area contributed by atoms with Crippen molar-refractivity contribution in [2.75, 3.05) is 26.3 Å². The highest BCUT2D eigenvalue weighted by molar-refractivity contribution is 6.31. The van der Waals surface area contributed by atoms with Crippen LogP contribution in [0.15, 0.2) is 59.6 Å². The topological polar surface area (TPSA) is 165 Å². The van der Waals surface area contributed by atoms with Gasteiger partial charge < -0.3 is 35.3 Å². The van der Waals surface area contributed by atoms with Gasteiger partial charge in [-0.2, -0.15) is 0 Å². The minimum atomic E-state index is -1.44. The van der Waals surface area contributed by atoms with Crippen molar-refractivity contribution in [3.05, 3.63) is 93.0 Å². The van der Waals surface area contributed by atoms with Crippen molar-refractivity contribution in [3.63, 3.8) is 0 Å². The minimum Gasteiger partial charge on any atom is -0.495 e. The summed E-state index contributed by atoms with van der Waals surface area (Å²) in [5.41, 5.74) is -1.52. The Kier molecular flexibility index (Phi) is 13.1. The molecule has 1 fully saturated rings. The van der Waals surface area contributed by atoms with Crippen LogP contribution in [-0.2, 0) is 24.5 Å². The molecular formula is C37H40Cl2F2N4O8. The zero-order chi connectivity index (χ0) is 39.2. The van der Waals surface area contributed by atoms with E-state index in [9.17, 15) is 19.2 Å². The molecule has 16 heteroatoms. The van der Waals surface area contributed by atoms with Crippen LogP contribution in [0.4, 0.5) is 19.3 Å². The molecule has 284 valence electrons. The number of methoxy groups -OCH3 is 1. The van der Waals surface area contributed by atoms with Gasteiger partial charge in [0, 0.05) is 35.8 Å². The van der Waals surface area contributed by atoms with Gasteiger partial charge in [-0.1, -0.05) is 62.2 Å². The van der Waals surface area contributed by atoms with E-state index in [4.69, 9.17) is 42.5 Å². The van der Waals surface area contributed by atoms with E-state index >= 15 is 8.78 Å². The number of aliphatic imine (C=N–C) groups is 1. The van der Waals surface area contributed by atoms with Gasteiger partial charge in [0.05, 0.1) is 34.8 Å². The number of hydrogen-bond acceptors (Lipinski definition) is 9. The number of rotatable bonds is 12. The third-order valence-electron chi connectivity index (χ3n) is 8.74. The van der Waals surface area contributed by atoms with E-state index in [2.05, 4.69) is 15.6 Å². The van der Waals surface area contributed by atoms with Crippen LogP contribution in [0.5, 0.6) is 5.75 Å². The summed E-state index contributed by atoms with van der Waals surface area (Å²) in [7, 11) is 2.82. The van der Waals surface area contributed by atoms with Crippen LogP contribution in [-0.4, -0.2) is 74.3 Å². The Labute approximate surface area is 315 Å². The summed E-state index contributed by atoms with van der Waals surface area (Å²) in [6.07, 6.45) is 0.827. The van der Waals surface area contributed by atoms with Crippen LogP contribution in [0, 0.1) is 17.0 Å². The van der Waals surface area contributed by atoms with E-state index in [1.54, 1.807) is 12.3 Å². The molecule has 0 aliphatic carbocycles. The lowest BCUT2D eigenvalue weighted by atomic mass is 9.62. The van der Waals surface area contributed by atoms with Crippen LogP contribution in [0.1, 0.15) is 61.5 Å². The van der Waals surface area contributed by atoms with Crippen LogP contribution < -0.4 is 20.7 Å². The zero-order valence-corrected chi connectivity index (χ0v) is 31.3. The summed E-state index contributed by atoms with van der Waals surface area (Å²) in [4.78, 5) is 54.2. The number of alkyl carbamates (subject to hydrolysis) is 1. The minimum absolute atomic E-state index is 0.0396. The highest BCUT2D eigenvalue weighted by Crippen LogP contribution is 2.52. The molecule has 0 aromatic heterocycles. The summed E-state index contributed by atoms with van der Waals surface area (Å²) >= 11 is 12.5. The number of carbonyl (C=O) groups is 4. The molecule has 5 atom stereocenters. The van der Waals surface area contributed by atoms with Crippen molar-refractivity contribution in [3.8, 4) is 5.75 Å². The maximum Gasteiger partial charge on any atom is 0.410 e. The molecule has 1 saturated heterocycles. The summed E-state index contributed by atoms with van der Waals surface area (Å²) in [6, 6.07) is 9.50. The van der Waals surface area contributed by atoms with Gasteiger partial charge in [0.15, 0.2) is 0 Å². The number of nitrogens with one attached hydrogen (secondary N) is 3. The Balaban J connectivity index is 1.73. The van der Waals surface area contributed by atoms with Gasteiger partial charge in [-0.25, -0.2) is 18.4 Å². The molecule has 2 unspecified atom stereocenters. The maximum absolute atomic E-state index is 16.1. The lowest BCUT2D eigenvalue weighted by molar-refractivity contribution is -0.139. The van der Waals surface area contributed by atoms with Gasteiger partial charge in [0.1, 0.15) is 23.4 Å². The van der Waals surface area contributed by atoms with Gasteiger partial charge in [0.2, 0.25) is 12.7 Å². The van der Waals surface area contributed by atoms with E-state index in [1.807, 2.05) is 26.1 Å². The molecule has 53 heavy (non-hydrogen) atoms. The van der Waals surface area contributed by atoms with Gasteiger partial charge >= 0.3 is 18.0 Å².